The predicted octanol–water partition coefficient (Wildman–Crippen LogP) is 5.10. The third kappa shape index (κ3) is 4.41. The van der Waals surface area contributed by atoms with E-state index < -0.39 is 11.9 Å². The van der Waals surface area contributed by atoms with Crippen LogP contribution < -0.4 is 5.32 Å². The van der Waals surface area contributed by atoms with Crippen LogP contribution in [0.2, 0.25) is 0 Å². The SMILES string of the molecule is FC(F)(F)c1nnc(NCCCCN2CC3CCC(CC3)C2)c2cc3n(c12)CCCC3. The molecule has 0 atom stereocenters. The van der Waals surface area contributed by atoms with Crippen LogP contribution in [0, 0.1) is 11.8 Å². The molecule has 8 heteroatoms. The van der Waals surface area contributed by atoms with Gasteiger partial charge in [0.2, 0.25) is 0 Å². The lowest BCUT2D eigenvalue weighted by molar-refractivity contribution is -0.140. The highest BCUT2D eigenvalue weighted by Gasteiger charge is 2.38. The number of aryl methyl sites for hydroxylation is 2. The molecule has 0 aromatic carbocycles. The van der Waals surface area contributed by atoms with Gasteiger partial charge in [0.05, 0.1) is 5.52 Å². The van der Waals surface area contributed by atoms with Crippen molar-refractivity contribution in [2.24, 2.45) is 11.8 Å². The molecule has 2 bridgehead atoms. The first kappa shape index (κ1) is 21.0. The third-order valence-corrected chi connectivity index (χ3v) is 7.44. The van der Waals surface area contributed by atoms with Crippen LogP contribution in [-0.2, 0) is 19.1 Å². The molecule has 2 saturated heterocycles. The number of alkyl halides is 3. The van der Waals surface area contributed by atoms with Gasteiger partial charge in [-0.2, -0.15) is 13.2 Å². The number of nitrogens with one attached hydrogen (secondary N) is 1. The first-order chi connectivity index (χ1) is 15.0. The summed E-state index contributed by atoms with van der Waals surface area (Å²) >= 11 is 0. The van der Waals surface area contributed by atoms with Crippen LogP contribution in [-0.4, -0.2) is 45.8 Å². The van der Waals surface area contributed by atoms with Crippen molar-refractivity contribution < 1.29 is 13.2 Å². The van der Waals surface area contributed by atoms with Gasteiger partial charge in [0.1, 0.15) is 0 Å². The van der Waals surface area contributed by atoms with Gasteiger partial charge in [-0.1, -0.05) is 0 Å². The van der Waals surface area contributed by atoms with E-state index in [0.717, 1.165) is 56.2 Å². The molecule has 2 aromatic heterocycles. The zero-order valence-electron chi connectivity index (χ0n) is 18.1. The number of rotatable bonds is 6. The number of aromatic nitrogens is 3. The summed E-state index contributed by atoms with van der Waals surface area (Å²) < 4.78 is 42.5. The summed E-state index contributed by atoms with van der Waals surface area (Å²) in [5, 5.41) is 11.4. The summed E-state index contributed by atoms with van der Waals surface area (Å²) in [5.74, 6) is 2.25. The first-order valence-corrected chi connectivity index (χ1v) is 11.9. The van der Waals surface area contributed by atoms with Gasteiger partial charge in [-0.15, -0.1) is 10.2 Å². The monoisotopic (exact) mass is 435 g/mol. The highest BCUT2D eigenvalue weighted by molar-refractivity contribution is 5.92. The molecule has 3 aliphatic heterocycles. The lowest BCUT2D eigenvalue weighted by Gasteiger charge is -2.22. The Labute approximate surface area is 181 Å². The van der Waals surface area contributed by atoms with Crippen molar-refractivity contribution in [3.05, 3.63) is 17.5 Å². The van der Waals surface area contributed by atoms with Crippen molar-refractivity contribution in [2.45, 2.75) is 70.5 Å². The van der Waals surface area contributed by atoms with Gasteiger partial charge >= 0.3 is 6.18 Å². The molecule has 6 rings (SSSR count). The number of halogens is 3. The van der Waals surface area contributed by atoms with Gasteiger partial charge < -0.3 is 14.8 Å². The standard InChI is InChI=1S/C23H32F3N5/c24-23(25,26)21-20-19(13-18-5-1-3-12-31(18)20)22(29-28-21)27-10-2-4-11-30-14-16-6-7-17(15-30)9-8-16/h13,16-17H,1-12,14-15H2,(H,27,29). The zero-order chi connectivity index (χ0) is 21.4. The van der Waals surface area contributed by atoms with Crippen molar-refractivity contribution in [2.75, 3.05) is 31.5 Å². The number of fused-ring (bicyclic) bond motifs is 7. The van der Waals surface area contributed by atoms with Gasteiger partial charge in [-0.3, -0.25) is 0 Å². The Hall–Kier alpha value is -1.83. The van der Waals surface area contributed by atoms with E-state index in [4.69, 9.17) is 0 Å². The molecule has 1 aliphatic carbocycles. The van der Waals surface area contributed by atoms with Gasteiger partial charge in [-0.25, -0.2) is 0 Å². The molecule has 5 nitrogen and oxygen atoms in total. The zero-order valence-corrected chi connectivity index (χ0v) is 18.1. The number of anilines is 1. The van der Waals surface area contributed by atoms with Crippen LogP contribution in [0.1, 0.15) is 62.8 Å². The third-order valence-electron chi connectivity index (χ3n) is 7.44. The Kier molecular flexibility index (Phi) is 5.84. The molecular formula is C23H32F3N5. The minimum absolute atomic E-state index is 0.194. The molecule has 0 amide bonds. The summed E-state index contributed by atoms with van der Waals surface area (Å²) in [4.78, 5) is 2.63. The van der Waals surface area contributed by atoms with Crippen molar-refractivity contribution in [3.8, 4) is 0 Å². The molecule has 0 radical (unpaired) electrons. The molecule has 170 valence electrons. The topological polar surface area (TPSA) is 46.0 Å². The van der Waals surface area contributed by atoms with E-state index in [-0.39, 0.29) is 5.52 Å². The molecule has 1 N–H and O–H groups in total. The average Bonchev–Trinajstić information content (AvgIpc) is 2.88. The molecule has 0 unspecified atom stereocenters. The maximum Gasteiger partial charge on any atom is 0.437 e. The fourth-order valence-corrected chi connectivity index (χ4v) is 5.85. The van der Waals surface area contributed by atoms with Crippen LogP contribution in [0.3, 0.4) is 0 Å². The Bertz CT molecular complexity index is 900. The summed E-state index contributed by atoms with van der Waals surface area (Å²) in [5.41, 5.74) is 0.289. The van der Waals surface area contributed by atoms with Crippen LogP contribution in [0.4, 0.5) is 19.0 Å². The maximum absolute atomic E-state index is 13.6. The van der Waals surface area contributed by atoms with E-state index in [1.165, 1.54) is 38.8 Å². The smallest absolute Gasteiger partial charge is 0.368 e. The Balaban J connectivity index is 1.23. The largest absolute Gasteiger partial charge is 0.437 e. The molecular weight excluding hydrogens is 403 g/mol. The van der Waals surface area contributed by atoms with Gasteiger partial charge in [0.25, 0.3) is 0 Å². The van der Waals surface area contributed by atoms with E-state index in [9.17, 15) is 13.2 Å². The van der Waals surface area contributed by atoms with Crippen molar-refractivity contribution in [3.63, 3.8) is 0 Å². The minimum Gasteiger partial charge on any atom is -0.368 e. The molecule has 1 saturated carbocycles. The summed E-state index contributed by atoms with van der Waals surface area (Å²) in [7, 11) is 0. The quantitative estimate of drug-likeness (QED) is 0.642. The molecule has 2 aromatic rings. The number of hydrogen-bond donors (Lipinski definition) is 1. The fraction of sp³-hybridized carbons (Fsp3) is 0.739. The molecule has 5 heterocycles. The lowest BCUT2D eigenvalue weighted by Crippen LogP contribution is -2.29. The van der Waals surface area contributed by atoms with Crippen LogP contribution in [0.5, 0.6) is 0 Å². The van der Waals surface area contributed by atoms with Crippen LogP contribution in [0.15, 0.2) is 6.07 Å². The van der Waals surface area contributed by atoms with Gasteiger partial charge in [0.15, 0.2) is 11.5 Å². The average molecular weight is 436 g/mol. The van der Waals surface area contributed by atoms with E-state index >= 15 is 0 Å². The summed E-state index contributed by atoms with van der Waals surface area (Å²) in [6, 6.07) is 1.88. The van der Waals surface area contributed by atoms with Crippen LogP contribution >= 0.6 is 0 Å². The first-order valence-electron chi connectivity index (χ1n) is 11.9. The normalized spacial score (nSPS) is 24.4. The van der Waals surface area contributed by atoms with E-state index in [1.807, 2.05) is 6.07 Å². The van der Waals surface area contributed by atoms with Crippen molar-refractivity contribution >= 4 is 16.7 Å². The van der Waals surface area contributed by atoms with E-state index in [0.29, 0.717) is 24.3 Å². The predicted molar refractivity (Wildman–Crippen MR) is 115 cm³/mol. The number of hydrogen-bond acceptors (Lipinski definition) is 4. The molecule has 3 fully saturated rings. The van der Waals surface area contributed by atoms with Gasteiger partial charge in [0, 0.05) is 37.3 Å². The second-order valence-electron chi connectivity index (χ2n) is 9.68. The van der Waals surface area contributed by atoms with E-state index in [2.05, 4.69) is 20.4 Å². The Morgan fingerprint density at radius 2 is 1.74 bits per heavy atom. The highest BCUT2D eigenvalue weighted by Crippen LogP contribution is 2.38. The van der Waals surface area contributed by atoms with Crippen molar-refractivity contribution in [1.82, 2.24) is 19.7 Å². The number of unbranched alkanes of at least 4 members (excludes halogenated alkanes) is 1. The lowest BCUT2D eigenvalue weighted by atomic mass is 9.84. The van der Waals surface area contributed by atoms with Crippen LogP contribution in [0.25, 0.3) is 10.9 Å². The van der Waals surface area contributed by atoms with Gasteiger partial charge in [-0.05, 0) is 82.2 Å². The second kappa shape index (κ2) is 8.60. The molecule has 0 spiro atoms. The Morgan fingerprint density at radius 1 is 1.00 bits per heavy atom. The summed E-state index contributed by atoms with van der Waals surface area (Å²) in [6.45, 7) is 4.92. The number of nitrogens with zero attached hydrogens (tertiary/aromatic N) is 4. The fourth-order valence-electron chi connectivity index (χ4n) is 5.85. The molecule has 31 heavy (non-hydrogen) atoms. The second-order valence-corrected chi connectivity index (χ2v) is 9.68. The minimum atomic E-state index is -4.50. The van der Waals surface area contributed by atoms with Crippen molar-refractivity contribution in [1.29, 1.82) is 0 Å². The molecule has 4 aliphatic rings. The summed E-state index contributed by atoms with van der Waals surface area (Å²) in [6.07, 6.45) is 5.88. The highest BCUT2D eigenvalue weighted by atomic mass is 19.4. The maximum atomic E-state index is 13.6. The van der Waals surface area contributed by atoms with E-state index in [1.54, 1.807) is 4.57 Å². The Morgan fingerprint density at radius 3 is 2.45 bits per heavy atom.